The zero-order valence-electron chi connectivity index (χ0n) is 20.0. The van der Waals surface area contributed by atoms with Gasteiger partial charge < -0.3 is 9.84 Å². The van der Waals surface area contributed by atoms with Crippen molar-refractivity contribution in [3.8, 4) is 0 Å². The van der Waals surface area contributed by atoms with Gasteiger partial charge >= 0.3 is 0 Å². The van der Waals surface area contributed by atoms with Crippen molar-refractivity contribution >= 4 is 11.4 Å². The van der Waals surface area contributed by atoms with E-state index in [2.05, 4.69) is 58.9 Å². The lowest BCUT2D eigenvalue weighted by Gasteiger charge is -2.42. The normalized spacial score (nSPS) is 26.1. The van der Waals surface area contributed by atoms with Gasteiger partial charge in [-0.2, -0.15) is 0 Å². The number of Topliss-reactive ketones (excluding diaryl/α,β-unsaturated/α-hetero) is 1. The molecule has 1 fully saturated rings. The maximum atomic E-state index is 12.4. The molecule has 1 aliphatic heterocycles. The molecule has 0 saturated carbocycles. The van der Waals surface area contributed by atoms with Crippen LogP contribution in [-0.2, 0) is 26.0 Å². The van der Waals surface area contributed by atoms with Crippen LogP contribution in [0.1, 0.15) is 93.2 Å². The van der Waals surface area contributed by atoms with Crippen molar-refractivity contribution in [1.29, 1.82) is 0 Å². The molecule has 0 aromatic heterocycles. The van der Waals surface area contributed by atoms with Gasteiger partial charge in [0.05, 0.1) is 12.2 Å². The average molecular weight is 431 g/mol. The minimum atomic E-state index is -0.414. The minimum absolute atomic E-state index is 0.0364. The van der Waals surface area contributed by atoms with Gasteiger partial charge in [0.2, 0.25) is 0 Å². The average Bonchev–Trinajstić information content (AvgIpc) is 3.53. The predicted molar refractivity (Wildman–Crippen MR) is 128 cm³/mol. The van der Waals surface area contributed by atoms with Gasteiger partial charge in [-0.05, 0) is 70.4 Å². The first-order valence-electron chi connectivity index (χ1n) is 11.9. The lowest BCUT2D eigenvalue weighted by atomic mass is 9.62. The molecule has 1 atom stereocenters. The van der Waals surface area contributed by atoms with Crippen molar-refractivity contribution in [2.24, 2.45) is 0 Å². The van der Waals surface area contributed by atoms with Crippen LogP contribution >= 0.6 is 0 Å². The van der Waals surface area contributed by atoms with E-state index in [1.165, 1.54) is 35.1 Å². The van der Waals surface area contributed by atoms with Crippen LogP contribution in [0.4, 0.5) is 0 Å². The number of hydrogen-bond acceptors (Lipinski definition) is 3. The summed E-state index contributed by atoms with van der Waals surface area (Å²) in [5, 5.41) is 10.3. The molecule has 0 spiro atoms. The number of aliphatic hydroxyl groups excluding tert-OH is 1. The molecule has 2 aromatic rings. The minimum Gasteiger partial charge on any atom is -0.512 e. The van der Waals surface area contributed by atoms with Crippen LogP contribution in [0.15, 0.2) is 42.2 Å². The second kappa shape index (κ2) is 7.05. The van der Waals surface area contributed by atoms with Crippen LogP contribution in [0, 0.1) is 6.92 Å². The molecule has 5 rings (SSSR count). The quantitative estimate of drug-likeness (QED) is 0.555. The fourth-order valence-electron chi connectivity index (χ4n) is 5.77. The number of ketones is 1. The fourth-order valence-corrected chi connectivity index (χ4v) is 5.77. The Hall–Kier alpha value is -2.39. The maximum Gasteiger partial charge on any atom is 0.166 e. The highest BCUT2D eigenvalue weighted by atomic mass is 16.6. The number of carbonyl (C=O) groups is 1. The third-order valence-corrected chi connectivity index (χ3v) is 8.09. The molecule has 3 aliphatic rings. The summed E-state index contributed by atoms with van der Waals surface area (Å²) in [6, 6.07) is 12.9. The third-order valence-electron chi connectivity index (χ3n) is 8.09. The van der Waals surface area contributed by atoms with Gasteiger partial charge in [-0.1, -0.05) is 64.1 Å². The second-order valence-electron chi connectivity index (χ2n) is 11.3. The molecule has 0 radical (unpaired) electrons. The van der Waals surface area contributed by atoms with E-state index in [4.69, 9.17) is 4.74 Å². The molecule has 168 valence electrons. The van der Waals surface area contributed by atoms with Gasteiger partial charge in [-0.25, -0.2) is 0 Å². The Labute approximate surface area is 191 Å². The molecule has 2 aromatic carbocycles. The Morgan fingerprint density at radius 2 is 1.47 bits per heavy atom. The Bertz CT molecular complexity index is 1130. The Kier molecular flexibility index (Phi) is 4.73. The number of hydrogen-bond donors (Lipinski definition) is 1. The lowest BCUT2D eigenvalue weighted by molar-refractivity contribution is -0.114. The number of rotatable bonds is 3. The van der Waals surface area contributed by atoms with Crippen LogP contribution in [0.2, 0.25) is 0 Å². The number of aliphatic hydroxyl groups is 1. The van der Waals surface area contributed by atoms with Crippen molar-refractivity contribution < 1.29 is 14.6 Å². The number of aryl methyl sites for hydroxylation is 1. The van der Waals surface area contributed by atoms with E-state index in [0.29, 0.717) is 25.0 Å². The standard InChI is InChI=1S/C29H34O3/c1-18-15-22-23(28(4,5)14-13-27(22,2)3)16-21(18)29(17-32-29)20-11-9-19(10-12-20)26-24(30)7-6-8-25(26)31/h9-12,15-16,30H,6-8,13-14,17H2,1-5H3. The number of ether oxygens (including phenoxy) is 1. The molecular formula is C29H34O3. The molecule has 2 aliphatic carbocycles. The predicted octanol–water partition coefficient (Wildman–Crippen LogP) is 6.64. The van der Waals surface area contributed by atoms with Crippen molar-refractivity contribution in [2.45, 2.75) is 83.2 Å². The van der Waals surface area contributed by atoms with Crippen LogP contribution in [0.3, 0.4) is 0 Å². The summed E-state index contributed by atoms with van der Waals surface area (Å²) < 4.78 is 6.16. The number of epoxide rings is 1. The van der Waals surface area contributed by atoms with Crippen molar-refractivity contribution in [3.63, 3.8) is 0 Å². The molecule has 0 bridgehead atoms. The summed E-state index contributed by atoms with van der Waals surface area (Å²) in [5.41, 5.74) is 7.78. The van der Waals surface area contributed by atoms with E-state index in [1.54, 1.807) is 0 Å². The highest BCUT2D eigenvalue weighted by Gasteiger charge is 2.50. The van der Waals surface area contributed by atoms with Crippen LogP contribution in [0.5, 0.6) is 0 Å². The maximum absolute atomic E-state index is 12.4. The van der Waals surface area contributed by atoms with Gasteiger partial charge in [-0.15, -0.1) is 0 Å². The molecule has 32 heavy (non-hydrogen) atoms. The van der Waals surface area contributed by atoms with Gasteiger partial charge in [-0.3, -0.25) is 4.79 Å². The van der Waals surface area contributed by atoms with E-state index in [0.717, 1.165) is 17.5 Å². The largest absolute Gasteiger partial charge is 0.512 e. The third kappa shape index (κ3) is 3.25. The van der Waals surface area contributed by atoms with Crippen LogP contribution in [0.25, 0.3) is 5.57 Å². The van der Waals surface area contributed by atoms with Crippen LogP contribution in [-0.4, -0.2) is 17.5 Å². The zero-order chi connectivity index (χ0) is 22.9. The molecular weight excluding hydrogens is 396 g/mol. The first kappa shape index (κ1) is 21.5. The first-order chi connectivity index (χ1) is 15.1. The molecule has 0 amide bonds. The summed E-state index contributed by atoms with van der Waals surface area (Å²) in [5.74, 6) is 0.260. The van der Waals surface area contributed by atoms with E-state index >= 15 is 0 Å². The van der Waals surface area contributed by atoms with E-state index < -0.39 is 5.60 Å². The highest BCUT2D eigenvalue weighted by molar-refractivity contribution is 6.21. The van der Waals surface area contributed by atoms with Crippen LogP contribution < -0.4 is 0 Å². The molecule has 3 heteroatoms. The van der Waals surface area contributed by atoms with E-state index in [-0.39, 0.29) is 22.4 Å². The summed E-state index contributed by atoms with van der Waals surface area (Å²) >= 11 is 0. The fraction of sp³-hybridized carbons (Fsp3) is 0.483. The molecule has 3 nitrogen and oxygen atoms in total. The summed E-state index contributed by atoms with van der Waals surface area (Å²) in [7, 11) is 0. The number of benzene rings is 2. The first-order valence-corrected chi connectivity index (χ1v) is 11.9. The zero-order valence-corrected chi connectivity index (χ0v) is 20.0. The highest BCUT2D eigenvalue weighted by Crippen LogP contribution is 2.52. The smallest absolute Gasteiger partial charge is 0.166 e. The van der Waals surface area contributed by atoms with Gasteiger partial charge in [0, 0.05) is 12.8 Å². The number of carbonyl (C=O) groups excluding carboxylic acids is 1. The molecule has 1 heterocycles. The summed E-state index contributed by atoms with van der Waals surface area (Å²) in [6.07, 6.45) is 4.21. The summed E-state index contributed by atoms with van der Waals surface area (Å²) in [4.78, 5) is 12.4. The van der Waals surface area contributed by atoms with Crippen molar-refractivity contribution in [2.75, 3.05) is 6.61 Å². The SMILES string of the molecule is Cc1cc2c(cc1C1(c3ccc(C4=C(O)CCCC4=O)cc3)CO1)C(C)(C)CCC2(C)C. The molecule has 1 saturated heterocycles. The van der Waals surface area contributed by atoms with Crippen molar-refractivity contribution in [3.05, 3.63) is 75.5 Å². The monoisotopic (exact) mass is 430 g/mol. The Morgan fingerprint density at radius 1 is 0.875 bits per heavy atom. The Balaban J connectivity index is 1.56. The number of fused-ring (bicyclic) bond motifs is 1. The van der Waals surface area contributed by atoms with Gasteiger partial charge in [0.15, 0.2) is 5.78 Å². The van der Waals surface area contributed by atoms with Crippen molar-refractivity contribution in [1.82, 2.24) is 0 Å². The topological polar surface area (TPSA) is 49.8 Å². The van der Waals surface area contributed by atoms with Gasteiger partial charge in [0.25, 0.3) is 0 Å². The Morgan fingerprint density at radius 3 is 2.03 bits per heavy atom. The van der Waals surface area contributed by atoms with E-state index in [9.17, 15) is 9.90 Å². The second-order valence-corrected chi connectivity index (χ2v) is 11.3. The van der Waals surface area contributed by atoms with E-state index in [1.807, 2.05) is 12.1 Å². The lowest BCUT2D eigenvalue weighted by Crippen LogP contribution is -2.34. The number of allylic oxidation sites excluding steroid dienone is 2. The summed E-state index contributed by atoms with van der Waals surface area (Å²) in [6.45, 7) is 12.3. The molecule has 1 unspecified atom stereocenters. The molecule has 1 N–H and O–H groups in total. The van der Waals surface area contributed by atoms with Gasteiger partial charge in [0.1, 0.15) is 11.4 Å².